The van der Waals surface area contributed by atoms with Crippen molar-refractivity contribution in [1.29, 1.82) is 0 Å². The predicted molar refractivity (Wildman–Crippen MR) is 80.7 cm³/mol. The zero-order valence-electron chi connectivity index (χ0n) is 12.0. The fraction of sp³-hybridized carbons (Fsp3) is 0.500. The number of rotatable bonds is 3. The van der Waals surface area contributed by atoms with E-state index in [1.807, 2.05) is 36.1 Å². The molecular formula is C16H19ClN2O2. The molecule has 2 unspecified atom stereocenters. The molecule has 1 aromatic rings. The standard InChI is InChI=1S/C16H19ClN2O2/c1-10-8-14(20)18-15(12-4-5-12)16(21)19(10)9-11-2-6-13(17)7-3-11/h2-3,6-7,10,12,15H,4-5,8-9H2,1H3,(H,18,20). The summed E-state index contributed by atoms with van der Waals surface area (Å²) < 4.78 is 0. The quantitative estimate of drug-likeness (QED) is 0.932. The van der Waals surface area contributed by atoms with Gasteiger partial charge >= 0.3 is 0 Å². The summed E-state index contributed by atoms with van der Waals surface area (Å²) >= 11 is 5.89. The molecule has 2 atom stereocenters. The van der Waals surface area contributed by atoms with E-state index in [0.717, 1.165) is 18.4 Å². The second-order valence-corrected chi connectivity index (χ2v) is 6.46. The van der Waals surface area contributed by atoms with Gasteiger partial charge in [0, 0.05) is 24.0 Å². The van der Waals surface area contributed by atoms with Crippen molar-refractivity contribution in [3.05, 3.63) is 34.9 Å². The Morgan fingerprint density at radius 1 is 1.24 bits per heavy atom. The summed E-state index contributed by atoms with van der Waals surface area (Å²) in [5.74, 6) is 0.344. The molecule has 1 N–H and O–H groups in total. The smallest absolute Gasteiger partial charge is 0.245 e. The van der Waals surface area contributed by atoms with E-state index in [2.05, 4.69) is 5.32 Å². The average Bonchev–Trinajstić information content (AvgIpc) is 3.27. The second-order valence-electron chi connectivity index (χ2n) is 6.03. The summed E-state index contributed by atoms with van der Waals surface area (Å²) in [5, 5.41) is 3.58. The first-order chi connectivity index (χ1) is 10.0. The van der Waals surface area contributed by atoms with E-state index in [0.29, 0.717) is 23.9 Å². The molecule has 3 rings (SSSR count). The zero-order valence-corrected chi connectivity index (χ0v) is 12.8. The van der Waals surface area contributed by atoms with Crippen molar-refractivity contribution in [2.45, 2.75) is 44.8 Å². The lowest BCUT2D eigenvalue weighted by Gasteiger charge is -2.29. The summed E-state index contributed by atoms with van der Waals surface area (Å²) in [6.45, 7) is 2.46. The lowest BCUT2D eigenvalue weighted by atomic mass is 10.1. The van der Waals surface area contributed by atoms with E-state index in [1.165, 1.54) is 0 Å². The van der Waals surface area contributed by atoms with E-state index in [1.54, 1.807) is 0 Å². The van der Waals surface area contributed by atoms with Crippen molar-refractivity contribution in [2.24, 2.45) is 5.92 Å². The number of amides is 2. The number of nitrogens with one attached hydrogen (secondary N) is 1. The Bertz CT molecular complexity index is 554. The van der Waals surface area contributed by atoms with Gasteiger partial charge in [0.25, 0.3) is 0 Å². The Labute approximate surface area is 129 Å². The van der Waals surface area contributed by atoms with E-state index in [9.17, 15) is 9.59 Å². The van der Waals surface area contributed by atoms with Crippen molar-refractivity contribution in [2.75, 3.05) is 0 Å². The molecule has 0 bridgehead atoms. The van der Waals surface area contributed by atoms with Crippen molar-refractivity contribution in [1.82, 2.24) is 10.2 Å². The molecule has 1 aliphatic carbocycles. The van der Waals surface area contributed by atoms with Gasteiger partial charge < -0.3 is 10.2 Å². The Balaban J connectivity index is 1.81. The van der Waals surface area contributed by atoms with Crippen LogP contribution in [0.25, 0.3) is 0 Å². The maximum Gasteiger partial charge on any atom is 0.245 e. The fourth-order valence-corrected chi connectivity index (χ4v) is 2.96. The highest BCUT2D eigenvalue weighted by Gasteiger charge is 2.42. The molecule has 1 aliphatic heterocycles. The van der Waals surface area contributed by atoms with E-state index in [-0.39, 0.29) is 23.9 Å². The molecule has 1 aromatic carbocycles. The molecule has 2 aliphatic rings. The van der Waals surface area contributed by atoms with E-state index in [4.69, 9.17) is 11.6 Å². The minimum absolute atomic E-state index is 0.0219. The van der Waals surface area contributed by atoms with Crippen LogP contribution in [0.2, 0.25) is 5.02 Å². The largest absolute Gasteiger partial charge is 0.344 e. The summed E-state index contributed by atoms with van der Waals surface area (Å²) in [5.41, 5.74) is 1.03. The topological polar surface area (TPSA) is 49.4 Å². The minimum atomic E-state index is -0.338. The molecule has 21 heavy (non-hydrogen) atoms. The third-order valence-corrected chi connectivity index (χ3v) is 4.49. The highest BCUT2D eigenvalue weighted by molar-refractivity contribution is 6.30. The molecule has 2 fully saturated rings. The molecule has 1 saturated heterocycles. The molecule has 0 aromatic heterocycles. The van der Waals surface area contributed by atoms with Gasteiger partial charge in [0.1, 0.15) is 6.04 Å². The van der Waals surface area contributed by atoms with Crippen LogP contribution in [0, 0.1) is 5.92 Å². The first-order valence-corrected chi connectivity index (χ1v) is 7.76. The van der Waals surface area contributed by atoms with Gasteiger partial charge in [-0.2, -0.15) is 0 Å². The maximum atomic E-state index is 12.7. The molecule has 1 saturated carbocycles. The number of hydrogen-bond donors (Lipinski definition) is 1. The lowest BCUT2D eigenvalue weighted by Crippen LogP contribution is -2.47. The number of hydrogen-bond acceptors (Lipinski definition) is 2. The highest BCUT2D eigenvalue weighted by Crippen LogP contribution is 2.35. The third-order valence-electron chi connectivity index (χ3n) is 4.24. The Hall–Kier alpha value is -1.55. The fourth-order valence-electron chi connectivity index (χ4n) is 2.84. The van der Waals surface area contributed by atoms with Gasteiger partial charge in [0.2, 0.25) is 11.8 Å². The summed E-state index contributed by atoms with van der Waals surface area (Å²) in [7, 11) is 0. The molecule has 1 heterocycles. The lowest BCUT2D eigenvalue weighted by molar-refractivity contribution is -0.136. The van der Waals surface area contributed by atoms with Gasteiger partial charge in [-0.25, -0.2) is 0 Å². The van der Waals surface area contributed by atoms with Gasteiger partial charge in [0.05, 0.1) is 0 Å². The van der Waals surface area contributed by atoms with Crippen LogP contribution in [0.4, 0.5) is 0 Å². The number of carbonyl (C=O) groups excluding carboxylic acids is 2. The molecule has 0 radical (unpaired) electrons. The molecule has 2 amide bonds. The molecule has 4 nitrogen and oxygen atoms in total. The first-order valence-electron chi connectivity index (χ1n) is 7.39. The summed E-state index contributed by atoms with van der Waals surface area (Å²) in [6.07, 6.45) is 2.42. The Morgan fingerprint density at radius 2 is 1.90 bits per heavy atom. The van der Waals surface area contributed by atoms with Crippen LogP contribution in [0.15, 0.2) is 24.3 Å². The molecular weight excluding hydrogens is 288 g/mol. The van der Waals surface area contributed by atoms with Crippen LogP contribution in [-0.4, -0.2) is 28.8 Å². The van der Waals surface area contributed by atoms with Crippen LogP contribution in [-0.2, 0) is 16.1 Å². The average molecular weight is 307 g/mol. The van der Waals surface area contributed by atoms with Crippen LogP contribution in [0.3, 0.4) is 0 Å². The number of nitrogens with zero attached hydrogens (tertiary/aromatic N) is 1. The number of halogens is 1. The monoisotopic (exact) mass is 306 g/mol. The van der Waals surface area contributed by atoms with Crippen LogP contribution in [0.5, 0.6) is 0 Å². The predicted octanol–water partition coefficient (Wildman–Crippen LogP) is 2.36. The van der Waals surface area contributed by atoms with Crippen LogP contribution >= 0.6 is 11.6 Å². The van der Waals surface area contributed by atoms with Gasteiger partial charge in [-0.1, -0.05) is 23.7 Å². The first kappa shape index (κ1) is 14.4. The van der Waals surface area contributed by atoms with Gasteiger partial charge in [-0.15, -0.1) is 0 Å². The number of carbonyl (C=O) groups is 2. The van der Waals surface area contributed by atoms with Crippen molar-refractivity contribution >= 4 is 23.4 Å². The Kier molecular flexibility index (Phi) is 3.89. The summed E-state index contributed by atoms with van der Waals surface area (Å²) in [6, 6.07) is 7.08. The normalized spacial score (nSPS) is 26.5. The molecule has 5 heteroatoms. The van der Waals surface area contributed by atoms with Gasteiger partial charge in [0.15, 0.2) is 0 Å². The van der Waals surface area contributed by atoms with Crippen molar-refractivity contribution in [3.63, 3.8) is 0 Å². The van der Waals surface area contributed by atoms with E-state index < -0.39 is 0 Å². The summed E-state index contributed by atoms with van der Waals surface area (Å²) in [4.78, 5) is 26.5. The Morgan fingerprint density at radius 3 is 2.52 bits per heavy atom. The zero-order chi connectivity index (χ0) is 15.0. The number of benzene rings is 1. The highest BCUT2D eigenvalue weighted by atomic mass is 35.5. The third kappa shape index (κ3) is 3.21. The molecule has 112 valence electrons. The minimum Gasteiger partial charge on any atom is -0.344 e. The van der Waals surface area contributed by atoms with Crippen LogP contribution < -0.4 is 5.32 Å². The van der Waals surface area contributed by atoms with Gasteiger partial charge in [-0.3, -0.25) is 9.59 Å². The van der Waals surface area contributed by atoms with Crippen LogP contribution in [0.1, 0.15) is 31.7 Å². The van der Waals surface area contributed by atoms with Crippen molar-refractivity contribution < 1.29 is 9.59 Å². The molecule has 0 spiro atoms. The van der Waals surface area contributed by atoms with E-state index >= 15 is 0 Å². The SMILES string of the molecule is CC1CC(=O)NC(C2CC2)C(=O)N1Cc1ccc(Cl)cc1. The second kappa shape index (κ2) is 5.68. The maximum absolute atomic E-state index is 12.7. The van der Waals surface area contributed by atoms with Gasteiger partial charge in [-0.05, 0) is 43.4 Å². The van der Waals surface area contributed by atoms with Crippen molar-refractivity contribution in [3.8, 4) is 0 Å².